The first-order valence-electron chi connectivity index (χ1n) is 9.79. The highest BCUT2D eigenvalue weighted by Crippen LogP contribution is 2.32. The van der Waals surface area contributed by atoms with Crippen LogP contribution in [-0.4, -0.2) is 50.9 Å². The van der Waals surface area contributed by atoms with Gasteiger partial charge >= 0.3 is 0 Å². The van der Waals surface area contributed by atoms with Gasteiger partial charge in [0.05, 0.1) is 11.9 Å². The summed E-state index contributed by atoms with van der Waals surface area (Å²) >= 11 is 0. The van der Waals surface area contributed by atoms with Crippen molar-refractivity contribution in [2.75, 3.05) is 32.0 Å². The third-order valence-corrected chi connectivity index (χ3v) is 5.82. The molecule has 0 unspecified atom stereocenters. The van der Waals surface area contributed by atoms with E-state index in [2.05, 4.69) is 33.3 Å². The second-order valence-corrected chi connectivity index (χ2v) is 7.73. The third kappa shape index (κ3) is 3.16. The van der Waals surface area contributed by atoms with Gasteiger partial charge in [0.25, 0.3) is 0 Å². The highest BCUT2D eigenvalue weighted by molar-refractivity contribution is 5.83. The standard InChI is InChI=1S/C21H23FN6/c1-27-8-6-14(7-9-27)10-24-21-25-11-17-16(3-4-18(17)26-21)15-2-5-20-23-12-19(22)28(20)13-15/h2-3,5,11-14H,4,6-10H2,1H3,(H,24,25,26). The number of piperidine rings is 1. The number of likely N-dealkylation sites (tertiary alicyclic amines) is 1. The molecular formula is C21H23FN6. The topological polar surface area (TPSA) is 58.3 Å². The molecule has 3 aromatic heterocycles. The minimum absolute atomic E-state index is 0.361. The average molecular weight is 378 g/mol. The van der Waals surface area contributed by atoms with Gasteiger partial charge < -0.3 is 10.2 Å². The van der Waals surface area contributed by atoms with E-state index in [0.717, 1.165) is 48.4 Å². The number of aromatic nitrogens is 4. The van der Waals surface area contributed by atoms with E-state index in [1.54, 1.807) is 6.20 Å². The molecule has 0 spiro atoms. The number of pyridine rings is 1. The number of imidazole rings is 1. The van der Waals surface area contributed by atoms with Crippen molar-refractivity contribution in [3.63, 3.8) is 0 Å². The number of anilines is 1. The van der Waals surface area contributed by atoms with Crippen LogP contribution in [0.5, 0.6) is 0 Å². The summed E-state index contributed by atoms with van der Waals surface area (Å²) in [4.78, 5) is 15.7. The number of hydrogen-bond acceptors (Lipinski definition) is 5. The van der Waals surface area contributed by atoms with Crippen molar-refractivity contribution in [2.24, 2.45) is 5.92 Å². The molecule has 0 aromatic carbocycles. The van der Waals surface area contributed by atoms with Crippen LogP contribution in [0.1, 0.15) is 29.7 Å². The van der Waals surface area contributed by atoms with Gasteiger partial charge in [0.2, 0.25) is 11.9 Å². The molecule has 1 N–H and O–H groups in total. The molecule has 144 valence electrons. The quantitative estimate of drug-likeness (QED) is 0.756. The summed E-state index contributed by atoms with van der Waals surface area (Å²) in [6.07, 6.45) is 10.2. The summed E-state index contributed by atoms with van der Waals surface area (Å²) in [7, 11) is 2.18. The summed E-state index contributed by atoms with van der Waals surface area (Å²) in [5, 5.41) is 3.42. The molecule has 0 saturated carbocycles. The average Bonchev–Trinajstić information content (AvgIpc) is 3.30. The molecule has 4 heterocycles. The molecule has 28 heavy (non-hydrogen) atoms. The van der Waals surface area contributed by atoms with E-state index in [1.165, 1.54) is 23.4 Å². The van der Waals surface area contributed by atoms with Crippen LogP contribution in [0.2, 0.25) is 0 Å². The Morgan fingerprint density at radius 1 is 1.18 bits per heavy atom. The molecule has 0 bridgehead atoms. The van der Waals surface area contributed by atoms with Gasteiger partial charge in [0.1, 0.15) is 5.65 Å². The molecule has 2 aliphatic rings. The van der Waals surface area contributed by atoms with Crippen molar-refractivity contribution in [1.82, 2.24) is 24.3 Å². The first-order valence-corrected chi connectivity index (χ1v) is 9.79. The monoisotopic (exact) mass is 378 g/mol. The zero-order chi connectivity index (χ0) is 19.1. The number of nitrogens with one attached hydrogen (secondary N) is 1. The predicted octanol–water partition coefficient (Wildman–Crippen LogP) is 3.00. The zero-order valence-electron chi connectivity index (χ0n) is 15.9. The van der Waals surface area contributed by atoms with Crippen molar-refractivity contribution in [2.45, 2.75) is 19.3 Å². The van der Waals surface area contributed by atoms with Crippen molar-refractivity contribution in [3.8, 4) is 0 Å². The first-order chi connectivity index (χ1) is 13.7. The summed E-state index contributed by atoms with van der Waals surface area (Å²) in [6.45, 7) is 3.24. The van der Waals surface area contributed by atoms with E-state index >= 15 is 0 Å². The minimum atomic E-state index is -0.361. The normalized spacial score (nSPS) is 17.7. The van der Waals surface area contributed by atoms with E-state index < -0.39 is 0 Å². The molecule has 1 fully saturated rings. The SMILES string of the molecule is CN1CCC(CNc2ncc3c(n2)CC=C3c2ccc3ncc(F)n3c2)CC1. The third-order valence-electron chi connectivity index (χ3n) is 5.82. The minimum Gasteiger partial charge on any atom is -0.354 e. The van der Waals surface area contributed by atoms with E-state index in [4.69, 9.17) is 4.98 Å². The van der Waals surface area contributed by atoms with Gasteiger partial charge in [-0.05, 0) is 62.2 Å². The number of hydrogen-bond donors (Lipinski definition) is 1. The van der Waals surface area contributed by atoms with E-state index in [9.17, 15) is 4.39 Å². The molecular weight excluding hydrogens is 355 g/mol. The first kappa shape index (κ1) is 17.3. The maximum Gasteiger partial charge on any atom is 0.222 e. The van der Waals surface area contributed by atoms with Gasteiger partial charge in [-0.25, -0.2) is 15.0 Å². The van der Waals surface area contributed by atoms with Crippen LogP contribution in [-0.2, 0) is 6.42 Å². The van der Waals surface area contributed by atoms with E-state index in [1.807, 2.05) is 18.3 Å². The molecule has 0 radical (unpaired) electrons. The maximum atomic E-state index is 13.9. The molecule has 7 heteroatoms. The Balaban J connectivity index is 1.32. The molecule has 1 aliphatic carbocycles. The summed E-state index contributed by atoms with van der Waals surface area (Å²) in [5.74, 6) is 1.02. The van der Waals surface area contributed by atoms with Crippen molar-refractivity contribution in [3.05, 3.63) is 59.6 Å². The van der Waals surface area contributed by atoms with Gasteiger partial charge in [-0.3, -0.25) is 4.40 Å². The fourth-order valence-corrected chi connectivity index (χ4v) is 4.08. The van der Waals surface area contributed by atoms with Crippen LogP contribution in [0.15, 0.2) is 36.8 Å². The van der Waals surface area contributed by atoms with Gasteiger partial charge in [-0.1, -0.05) is 6.08 Å². The summed E-state index contributed by atoms with van der Waals surface area (Å²) in [5.41, 5.74) is 4.63. The van der Waals surface area contributed by atoms with Crippen LogP contribution in [0.25, 0.3) is 11.2 Å². The lowest BCUT2D eigenvalue weighted by Crippen LogP contribution is -2.33. The van der Waals surface area contributed by atoms with Crippen LogP contribution in [0.3, 0.4) is 0 Å². The molecule has 3 aromatic rings. The fourth-order valence-electron chi connectivity index (χ4n) is 4.08. The fraction of sp³-hybridized carbons (Fsp3) is 0.381. The van der Waals surface area contributed by atoms with Gasteiger partial charge in [-0.2, -0.15) is 4.39 Å². The second kappa shape index (κ2) is 6.98. The van der Waals surface area contributed by atoms with Gasteiger partial charge in [0.15, 0.2) is 0 Å². The lowest BCUT2D eigenvalue weighted by molar-refractivity contribution is 0.226. The Hall–Kier alpha value is -2.80. The van der Waals surface area contributed by atoms with E-state index in [-0.39, 0.29) is 5.95 Å². The van der Waals surface area contributed by atoms with Crippen LogP contribution in [0.4, 0.5) is 10.3 Å². The number of fused-ring (bicyclic) bond motifs is 2. The van der Waals surface area contributed by atoms with Gasteiger partial charge in [0, 0.05) is 30.9 Å². The predicted molar refractivity (Wildman–Crippen MR) is 107 cm³/mol. The Bertz CT molecular complexity index is 1050. The van der Waals surface area contributed by atoms with Crippen molar-refractivity contribution < 1.29 is 4.39 Å². The highest BCUT2D eigenvalue weighted by Gasteiger charge is 2.20. The van der Waals surface area contributed by atoms with Crippen LogP contribution in [0, 0.1) is 11.9 Å². The van der Waals surface area contributed by atoms with Crippen molar-refractivity contribution >= 4 is 17.2 Å². The zero-order valence-corrected chi connectivity index (χ0v) is 15.9. The smallest absolute Gasteiger partial charge is 0.222 e. The van der Waals surface area contributed by atoms with E-state index in [0.29, 0.717) is 17.5 Å². The Morgan fingerprint density at radius 2 is 2.04 bits per heavy atom. The second-order valence-electron chi connectivity index (χ2n) is 7.73. The molecule has 1 aliphatic heterocycles. The number of halogens is 1. The van der Waals surface area contributed by atoms with Gasteiger partial charge in [-0.15, -0.1) is 0 Å². The number of rotatable bonds is 4. The Labute approximate surface area is 163 Å². The molecule has 0 atom stereocenters. The lowest BCUT2D eigenvalue weighted by Gasteiger charge is -2.28. The number of nitrogens with zero attached hydrogens (tertiary/aromatic N) is 5. The Kier molecular flexibility index (Phi) is 4.31. The maximum absolute atomic E-state index is 13.9. The van der Waals surface area contributed by atoms with Crippen LogP contribution >= 0.6 is 0 Å². The molecule has 6 nitrogen and oxygen atoms in total. The van der Waals surface area contributed by atoms with Crippen molar-refractivity contribution in [1.29, 1.82) is 0 Å². The molecule has 5 rings (SSSR count). The highest BCUT2D eigenvalue weighted by atomic mass is 19.1. The Morgan fingerprint density at radius 3 is 2.89 bits per heavy atom. The molecule has 1 saturated heterocycles. The largest absolute Gasteiger partial charge is 0.354 e. The summed E-state index contributed by atoms with van der Waals surface area (Å²) < 4.78 is 15.3. The summed E-state index contributed by atoms with van der Waals surface area (Å²) in [6, 6.07) is 3.80. The van der Waals surface area contributed by atoms with Crippen LogP contribution < -0.4 is 5.32 Å². The lowest BCUT2D eigenvalue weighted by atomic mass is 9.97. The number of allylic oxidation sites excluding steroid dienone is 1. The molecule has 0 amide bonds.